The molecule has 0 aliphatic carbocycles. The Balaban J connectivity index is 1.27. The lowest BCUT2D eigenvalue weighted by molar-refractivity contribution is 0.232. The van der Waals surface area contributed by atoms with Crippen LogP contribution in [0.15, 0.2) is 46.9 Å². The van der Waals surface area contributed by atoms with Gasteiger partial charge in [-0.3, -0.25) is 4.90 Å². The first-order valence-electron chi connectivity index (χ1n) is 8.90. The van der Waals surface area contributed by atoms with Gasteiger partial charge < -0.3 is 9.32 Å². The first-order chi connectivity index (χ1) is 12.8. The molecule has 4 heterocycles. The second-order valence-electron chi connectivity index (χ2n) is 6.72. The van der Waals surface area contributed by atoms with Crippen molar-refractivity contribution in [3.8, 4) is 0 Å². The van der Waals surface area contributed by atoms with E-state index in [1.54, 1.807) is 4.52 Å². The molecule has 0 amide bonds. The van der Waals surface area contributed by atoms with Crippen molar-refractivity contribution >= 4 is 22.4 Å². The average molecular weight is 348 g/mol. The Hall–Kier alpha value is -2.93. The Kier molecular flexibility index (Phi) is 3.60. The molecule has 0 bridgehead atoms. The van der Waals surface area contributed by atoms with Gasteiger partial charge in [0.25, 0.3) is 0 Å². The van der Waals surface area contributed by atoms with Crippen LogP contribution in [0.3, 0.4) is 0 Å². The smallest absolute Gasteiger partial charge is 0.178 e. The summed E-state index contributed by atoms with van der Waals surface area (Å²) in [7, 11) is 0. The fraction of sp³-hybridized carbons (Fsp3) is 0.316. The Morgan fingerprint density at radius 3 is 2.69 bits per heavy atom. The van der Waals surface area contributed by atoms with Crippen LogP contribution in [0.5, 0.6) is 0 Å². The van der Waals surface area contributed by atoms with Gasteiger partial charge in [-0.1, -0.05) is 18.2 Å². The van der Waals surface area contributed by atoms with E-state index in [0.717, 1.165) is 61.4 Å². The van der Waals surface area contributed by atoms with Crippen molar-refractivity contribution in [3.05, 3.63) is 54.0 Å². The third-order valence-electron chi connectivity index (χ3n) is 4.96. The van der Waals surface area contributed by atoms with Gasteiger partial charge in [-0.15, -0.1) is 15.3 Å². The molecule has 0 N–H and O–H groups in total. The summed E-state index contributed by atoms with van der Waals surface area (Å²) in [5.74, 6) is 2.81. The molecule has 0 atom stereocenters. The maximum atomic E-state index is 5.95. The zero-order chi connectivity index (χ0) is 17.5. The van der Waals surface area contributed by atoms with E-state index in [9.17, 15) is 0 Å². The van der Waals surface area contributed by atoms with E-state index >= 15 is 0 Å². The van der Waals surface area contributed by atoms with Crippen LogP contribution in [-0.4, -0.2) is 50.9 Å². The van der Waals surface area contributed by atoms with Crippen molar-refractivity contribution in [2.24, 2.45) is 0 Å². The molecule has 1 saturated heterocycles. The first kappa shape index (κ1) is 15.3. The highest BCUT2D eigenvalue weighted by Crippen LogP contribution is 2.21. The summed E-state index contributed by atoms with van der Waals surface area (Å²) in [6.07, 6.45) is 0. The molecule has 1 aliphatic rings. The molecule has 1 fully saturated rings. The Bertz CT molecular complexity index is 1030. The summed E-state index contributed by atoms with van der Waals surface area (Å²) in [5, 5.41) is 14.0. The average Bonchev–Trinajstić information content (AvgIpc) is 3.25. The van der Waals surface area contributed by atoms with Gasteiger partial charge in [0.05, 0.1) is 6.54 Å². The van der Waals surface area contributed by atoms with Crippen LogP contribution in [-0.2, 0) is 6.54 Å². The van der Waals surface area contributed by atoms with E-state index in [-0.39, 0.29) is 0 Å². The van der Waals surface area contributed by atoms with Crippen LogP contribution in [0, 0.1) is 6.92 Å². The van der Waals surface area contributed by atoms with E-state index in [4.69, 9.17) is 4.42 Å². The molecule has 7 heteroatoms. The molecule has 3 aromatic heterocycles. The van der Waals surface area contributed by atoms with Gasteiger partial charge in [-0.2, -0.15) is 4.52 Å². The van der Waals surface area contributed by atoms with Crippen LogP contribution in [0.2, 0.25) is 0 Å². The summed E-state index contributed by atoms with van der Waals surface area (Å²) in [4.78, 5) is 4.74. The number of rotatable bonds is 3. The molecule has 0 spiro atoms. The molecule has 0 radical (unpaired) electrons. The highest BCUT2D eigenvalue weighted by atomic mass is 16.3. The van der Waals surface area contributed by atoms with Gasteiger partial charge in [0.2, 0.25) is 0 Å². The third kappa shape index (κ3) is 2.70. The van der Waals surface area contributed by atoms with Crippen molar-refractivity contribution < 1.29 is 4.42 Å². The largest absolute Gasteiger partial charge is 0.460 e. The lowest BCUT2D eigenvalue weighted by Crippen LogP contribution is -2.46. The van der Waals surface area contributed by atoms with Crippen LogP contribution >= 0.6 is 0 Å². The molecular weight excluding hydrogens is 328 g/mol. The molecule has 5 rings (SSSR count). The topological polar surface area (TPSA) is 62.7 Å². The maximum absolute atomic E-state index is 5.95. The zero-order valence-corrected chi connectivity index (χ0v) is 14.7. The normalized spacial score (nSPS) is 16.0. The zero-order valence-electron chi connectivity index (χ0n) is 14.7. The lowest BCUT2D eigenvalue weighted by Gasteiger charge is -2.34. The van der Waals surface area contributed by atoms with Crippen molar-refractivity contribution in [2.75, 3.05) is 31.1 Å². The number of para-hydroxylation sites is 1. The predicted octanol–water partition coefficient (Wildman–Crippen LogP) is 2.50. The van der Waals surface area contributed by atoms with E-state index in [2.05, 4.69) is 37.2 Å². The molecule has 1 aromatic carbocycles. The minimum atomic E-state index is 0.787. The highest BCUT2D eigenvalue weighted by Gasteiger charge is 2.20. The number of anilines is 1. The summed E-state index contributed by atoms with van der Waals surface area (Å²) in [6, 6.07) is 14.3. The van der Waals surface area contributed by atoms with Crippen LogP contribution in [0.1, 0.15) is 11.6 Å². The minimum absolute atomic E-state index is 0.787. The number of benzene rings is 1. The Labute approximate surface area is 150 Å². The number of hydrogen-bond acceptors (Lipinski definition) is 6. The molecule has 4 aromatic rings. The van der Waals surface area contributed by atoms with Crippen LogP contribution in [0.25, 0.3) is 16.6 Å². The summed E-state index contributed by atoms with van der Waals surface area (Å²) >= 11 is 0. The van der Waals surface area contributed by atoms with Gasteiger partial charge in [-0.25, -0.2) is 0 Å². The predicted molar refractivity (Wildman–Crippen MR) is 99.2 cm³/mol. The SMILES string of the molecule is Cc1nnc2ccc(N3CCN(Cc4cc5ccccc5o4)CC3)nn12. The monoisotopic (exact) mass is 348 g/mol. The summed E-state index contributed by atoms with van der Waals surface area (Å²) in [5.41, 5.74) is 1.75. The lowest BCUT2D eigenvalue weighted by atomic mass is 10.2. The third-order valence-corrected chi connectivity index (χ3v) is 4.96. The highest BCUT2D eigenvalue weighted by molar-refractivity contribution is 5.77. The maximum Gasteiger partial charge on any atom is 0.178 e. The number of nitrogens with zero attached hydrogens (tertiary/aromatic N) is 6. The molecule has 0 saturated carbocycles. The number of aryl methyl sites for hydroxylation is 1. The van der Waals surface area contributed by atoms with Crippen molar-refractivity contribution in [2.45, 2.75) is 13.5 Å². The number of furan rings is 1. The summed E-state index contributed by atoms with van der Waals surface area (Å²) < 4.78 is 7.75. The number of fused-ring (bicyclic) bond motifs is 2. The number of aromatic nitrogens is 4. The molecule has 26 heavy (non-hydrogen) atoms. The van der Waals surface area contributed by atoms with Gasteiger partial charge in [0.15, 0.2) is 11.5 Å². The van der Waals surface area contributed by atoms with Crippen molar-refractivity contribution in [1.82, 2.24) is 24.7 Å². The van der Waals surface area contributed by atoms with Gasteiger partial charge >= 0.3 is 0 Å². The van der Waals surface area contributed by atoms with Crippen molar-refractivity contribution in [1.29, 1.82) is 0 Å². The second-order valence-corrected chi connectivity index (χ2v) is 6.72. The van der Waals surface area contributed by atoms with Crippen LogP contribution in [0.4, 0.5) is 5.82 Å². The second kappa shape index (κ2) is 6.10. The van der Waals surface area contributed by atoms with E-state index in [0.29, 0.717) is 0 Å². The molecule has 132 valence electrons. The van der Waals surface area contributed by atoms with E-state index in [1.807, 2.05) is 37.3 Å². The first-order valence-corrected chi connectivity index (χ1v) is 8.90. The molecule has 0 unspecified atom stereocenters. The minimum Gasteiger partial charge on any atom is -0.460 e. The van der Waals surface area contributed by atoms with E-state index < -0.39 is 0 Å². The fourth-order valence-corrected chi connectivity index (χ4v) is 3.53. The molecule has 1 aliphatic heterocycles. The number of piperazine rings is 1. The quantitative estimate of drug-likeness (QED) is 0.567. The van der Waals surface area contributed by atoms with Gasteiger partial charge in [0.1, 0.15) is 17.2 Å². The molecular formula is C19H20N6O. The Morgan fingerprint density at radius 2 is 1.85 bits per heavy atom. The van der Waals surface area contributed by atoms with E-state index in [1.165, 1.54) is 5.39 Å². The number of hydrogen-bond donors (Lipinski definition) is 0. The van der Waals surface area contributed by atoms with Gasteiger partial charge in [0, 0.05) is 31.6 Å². The van der Waals surface area contributed by atoms with Gasteiger partial charge in [-0.05, 0) is 31.2 Å². The fourth-order valence-electron chi connectivity index (χ4n) is 3.53. The standard InChI is InChI=1S/C19H20N6O/c1-14-20-21-18-6-7-19(22-25(14)18)24-10-8-23(9-11-24)13-16-12-15-4-2-3-5-17(15)26-16/h2-7,12H,8-11,13H2,1H3. The summed E-state index contributed by atoms with van der Waals surface area (Å²) in [6.45, 7) is 6.62. The van der Waals surface area contributed by atoms with Crippen molar-refractivity contribution in [3.63, 3.8) is 0 Å². The Morgan fingerprint density at radius 1 is 1.00 bits per heavy atom. The molecule has 7 nitrogen and oxygen atoms in total. The van der Waals surface area contributed by atoms with Crippen LogP contribution < -0.4 is 4.90 Å².